The van der Waals surface area contributed by atoms with E-state index in [1.165, 1.54) is 0 Å². The van der Waals surface area contributed by atoms with Crippen molar-refractivity contribution in [1.29, 1.82) is 0 Å². The van der Waals surface area contributed by atoms with Crippen molar-refractivity contribution in [2.75, 3.05) is 12.3 Å². The lowest BCUT2D eigenvalue weighted by Gasteiger charge is -1.96. The highest BCUT2D eigenvalue weighted by atomic mass is 14.7. The minimum atomic E-state index is 0.636. The lowest BCUT2D eigenvalue weighted by molar-refractivity contribution is 0.924. The Hall–Kier alpha value is -1.09. The summed E-state index contributed by atoms with van der Waals surface area (Å²) in [5.41, 5.74) is 12.4. The summed E-state index contributed by atoms with van der Waals surface area (Å²) in [5, 5.41) is 0. The molecule has 0 aliphatic carbocycles. The number of anilines is 1. The number of nitrogens with zero attached hydrogens (tertiary/aromatic N) is 1. The molecule has 0 bridgehead atoms. The van der Waals surface area contributed by atoms with E-state index in [9.17, 15) is 0 Å². The van der Waals surface area contributed by atoms with Crippen LogP contribution >= 0.6 is 0 Å². The fourth-order valence-corrected chi connectivity index (χ4v) is 0.732. The Bertz CT molecular complexity index is 193. The van der Waals surface area contributed by atoms with Gasteiger partial charge in [-0.15, -0.1) is 0 Å². The van der Waals surface area contributed by atoms with Crippen LogP contribution in [0.25, 0.3) is 0 Å². The molecule has 0 saturated carbocycles. The fourth-order valence-electron chi connectivity index (χ4n) is 0.732. The molecule has 1 aromatic rings. The highest BCUT2D eigenvalue weighted by molar-refractivity contribution is 5.34. The summed E-state index contributed by atoms with van der Waals surface area (Å²) in [6.07, 6.45) is 2.46. The van der Waals surface area contributed by atoms with Gasteiger partial charge < -0.3 is 11.5 Å². The lowest BCUT2D eigenvalue weighted by Crippen LogP contribution is -2.04. The van der Waals surface area contributed by atoms with Crippen molar-refractivity contribution in [2.24, 2.45) is 5.73 Å². The first-order chi connectivity index (χ1) is 4.83. The van der Waals surface area contributed by atoms with E-state index in [4.69, 9.17) is 11.5 Å². The number of hydrogen-bond acceptors (Lipinski definition) is 3. The van der Waals surface area contributed by atoms with Gasteiger partial charge in [0.25, 0.3) is 0 Å². The Morgan fingerprint density at radius 2 is 2.20 bits per heavy atom. The van der Waals surface area contributed by atoms with Crippen molar-refractivity contribution in [1.82, 2.24) is 4.98 Å². The Morgan fingerprint density at radius 3 is 2.70 bits per heavy atom. The molecule has 0 aromatic carbocycles. The maximum absolute atomic E-state index is 5.43. The first-order valence-electron chi connectivity index (χ1n) is 3.23. The topological polar surface area (TPSA) is 64.9 Å². The summed E-state index contributed by atoms with van der Waals surface area (Å²) < 4.78 is 0. The molecule has 54 valence electrons. The van der Waals surface area contributed by atoms with Crippen LogP contribution in [0, 0.1) is 0 Å². The second kappa shape index (κ2) is 3.17. The molecule has 0 fully saturated rings. The summed E-state index contributed by atoms with van der Waals surface area (Å²) in [6, 6.07) is 3.72. The van der Waals surface area contributed by atoms with Crippen LogP contribution < -0.4 is 11.5 Å². The van der Waals surface area contributed by atoms with Crippen molar-refractivity contribution in [3.63, 3.8) is 0 Å². The first kappa shape index (κ1) is 7.02. The molecule has 1 rings (SSSR count). The molecule has 0 radical (unpaired) electrons. The number of rotatable bonds is 2. The SMILES string of the molecule is NCCc1ccc(N)cn1. The summed E-state index contributed by atoms with van der Waals surface area (Å²) in [5.74, 6) is 0. The molecular formula is C7H11N3. The molecule has 4 N–H and O–H groups in total. The van der Waals surface area contributed by atoms with Gasteiger partial charge in [-0.25, -0.2) is 0 Å². The molecule has 10 heavy (non-hydrogen) atoms. The number of nitrogen functional groups attached to an aromatic ring is 1. The number of aromatic nitrogens is 1. The molecule has 1 aromatic heterocycles. The van der Waals surface area contributed by atoms with E-state index in [1.807, 2.05) is 12.1 Å². The van der Waals surface area contributed by atoms with Crippen LogP contribution in [-0.4, -0.2) is 11.5 Å². The molecule has 0 spiro atoms. The van der Waals surface area contributed by atoms with E-state index < -0.39 is 0 Å². The Balaban J connectivity index is 2.69. The van der Waals surface area contributed by atoms with Crippen molar-refractivity contribution < 1.29 is 0 Å². The second-order valence-electron chi connectivity index (χ2n) is 2.12. The zero-order chi connectivity index (χ0) is 7.40. The zero-order valence-corrected chi connectivity index (χ0v) is 5.75. The quantitative estimate of drug-likeness (QED) is 0.610. The standard InChI is InChI=1S/C7H11N3/c8-4-3-7-2-1-6(9)5-10-7/h1-2,5H,3-4,8-9H2. The van der Waals surface area contributed by atoms with Crippen LogP contribution in [0.1, 0.15) is 5.69 Å². The van der Waals surface area contributed by atoms with Gasteiger partial charge in [-0.1, -0.05) is 0 Å². The van der Waals surface area contributed by atoms with E-state index in [2.05, 4.69) is 4.98 Å². The van der Waals surface area contributed by atoms with Crippen molar-refractivity contribution in [3.8, 4) is 0 Å². The van der Waals surface area contributed by atoms with Gasteiger partial charge in [-0.05, 0) is 18.7 Å². The number of nitrogens with two attached hydrogens (primary N) is 2. The van der Waals surface area contributed by atoms with Crippen molar-refractivity contribution in [2.45, 2.75) is 6.42 Å². The van der Waals surface area contributed by atoms with Crippen LogP contribution in [0.4, 0.5) is 5.69 Å². The highest BCUT2D eigenvalue weighted by Gasteiger charge is 1.90. The monoisotopic (exact) mass is 137 g/mol. The molecule has 3 nitrogen and oxygen atoms in total. The highest BCUT2D eigenvalue weighted by Crippen LogP contribution is 2.00. The molecular weight excluding hydrogens is 126 g/mol. The van der Waals surface area contributed by atoms with Gasteiger partial charge in [0, 0.05) is 12.1 Å². The molecule has 0 unspecified atom stereocenters. The lowest BCUT2D eigenvalue weighted by atomic mass is 10.3. The molecule has 1 heterocycles. The minimum Gasteiger partial charge on any atom is -0.397 e. The van der Waals surface area contributed by atoms with E-state index in [0.29, 0.717) is 12.2 Å². The average Bonchev–Trinajstić information content (AvgIpc) is 1.95. The van der Waals surface area contributed by atoms with E-state index in [-0.39, 0.29) is 0 Å². The van der Waals surface area contributed by atoms with Crippen LogP contribution in [0.2, 0.25) is 0 Å². The maximum atomic E-state index is 5.43. The third kappa shape index (κ3) is 1.70. The van der Waals surface area contributed by atoms with Crippen molar-refractivity contribution in [3.05, 3.63) is 24.0 Å². The molecule has 0 atom stereocenters. The van der Waals surface area contributed by atoms with Gasteiger partial charge in [0.1, 0.15) is 0 Å². The minimum absolute atomic E-state index is 0.636. The Kier molecular flexibility index (Phi) is 2.23. The predicted molar refractivity (Wildman–Crippen MR) is 41.4 cm³/mol. The van der Waals surface area contributed by atoms with E-state index in [1.54, 1.807) is 6.20 Å². The zero-order valence-electron chi connectivity index (χ0n) is 5.75. The summed E-state index contributed by atoms with van der Waals surface area (Å²) >= 11 is 0. The number of hydrogen-bond donors (Lipinski definition) is 2. The van der Waals surface area contributed by atoms with Gasteiger partial charge in [0.05, 0.1) is 11.9 Å². The molecule has 0 saturated heterocycles. The van der Waals surface area contributed by atoms with Gasteiger partial charge >= 0.3 is 0 Å². The average molecular weight is 137 g/mol. The maximum Gasteiger partial charge on any atom is 0.0501 e. The molecule has 0 aliphatic heterocycles. The van der Waals surface area contributed by atoms with Gasteiger partial charge in [-0.2, -0.15) is 0 Å². The van der Waals surface area contributed by atoms with Crippen LogP contribution in [0.15, 0.2) is 18.3 Å². The second-order valence-corrected chi connectivity index (χ2v) is 2.12. The summed E-state index contributed by atoms with van der Waals surface area (Å²) in [7, 11) is 0. The van der Waals surface area contributed by atoms with Crippen LogP contribution in [0.3, 0.4) is 0 Å². The Morgan fingerprint density at radius 1 is 1.40 bits per heavy atom. The Labute approximate surface area is 60.1 Å². The normalized spacial score (nSPS) is 9.70. The summed E-state index contributed by atoms with van der Waals surface area (Å²) in [6.45, 7) is 0.636. The first-order valence-corrected chi connectivity index (χ1v) is 3.23. The van der Waals surface area contributed by atoms with Gasteiger partial charge in [-0.3, -0.25) is 4.98 Å². The fraction of sp³-hybridized carbons (Fsp3) is 0.286. The van der Waals surface area contributed by atoms with Crippen LogP contribution in [-0.2, 0) is 6.42 Å². The van der Waals surface area contributed by atoms with E-state index in [0.717, 1.165) is 12.1 Å². The van der Waals surface area contributed by atoms with Gasteiger partial charge in [0.15, 0.2) is 0 Å². The van der Waals surface area contributed by atoms with Crippen LogP contribution in [0.5, 0.6) is 0 Å². The van der Waals surface area contributed by atoms with Gasteiger partial charge in [0.2, 0.25) is 0 Å². The third-order valence-electron chi connectivity index (χ3n) is 1.25. The van der Waals surface area contributed by atoms with Crippen molar-refractivity contribution >= 4 is 5.69 Å². The smallest absolute Gasteiger partial charge is 0.0501 e. The molecule has 0 aliphatic rings. The third-order valence-corrected chi connectivity index (χ3v) is 1.25. The largest absolute Gasteiger partial charge is 0.397 e. The molecule has 0 amide bonds. The number of pyridine rings is 1. The summed E-state index contributed by atoms with van der Waals surface area (Å²) in [4.78, 5) is 4.06. The predicted octanol–water partition coefficient (Wildman–Crippen LogP) is 0.165. The molecule has 3 heteroatoms. The van der Waals surface area contributed by atoms with E-state index >= 15 is 0 Å².